The molecule has 0 N–H and O–H groups in total. The number of amides is 1. The van der Waals surface area contributed by atoms with Crippen LogP contribution in [0.3, 0.4) is 0 Å². The monoisotopic (exact) mass is 372 g/mol. The van der Waals surface area contributed by atoms with Crippen molar-refractivity contribution in [1.82, 2.24) is 9.21 Å². The molecule has 1 aliphatic rings. The van der Waals surface area contributed by atoms with Crippen LogP contribution in [0.15, 0.2) is 64.6 Å². The number of benzene rings is 1. The van der Waals surface area contributed by atoms with Crippen molar-refractivity contribution in [1.29, 1.82) is 0 Å². The lowest BCUT2D eigenvalue weighted by Crippen LogP contribution is -2.49. The fourth-order valence-corrected chi connectivity index (χ4v) is 3.80. The summed E-state index contributed by atoms with van der Waals surface area (Å²) in [5.41, 5.74) is 0.827. The van der Waals surface area contributed by atoms with Gasteiger partial charge in [-0.15, -0.1) is 0 Å². The van der Waals surface area contributed by atoms with Gasteiger partial charge in [0.15, 0.2) is 0 Å². The highest BCUT2D eigenvalue weighted by atomic mass is 32.2. The first-order chi connectivity index (χ1) is 12.5. The quantitative estimate of drug-likeness (QED) is 0.756. The number of carbonyl (C=O) groups is 1. The molecule has 7 heteroatoms. The third-order valence-electron chi connectivity index (χ3n) is 4.08. The summed E-state index contributed by atoms with van der Waals surface area (Å²) in [7, 11) is -3.50. The molecule has 136 valence electrons. The highest BCUT2D eigenvalue weighted by molar-refractivity contribution is 7.92. The molecule has 0 bridgehead atoms. The summed E-state index contributed by atoms with van der Waals surface area (Å²) < 4.78 is 31.4. The predicted molar refractivity (Wildman–Crippen MR) is 100 cm³/mol. The largest absolute Gasteiger partial charge is 0.465 e. The molecule has 6 nitrogen and oxygen atoms in total. The van der Waals surface area contributed by atoms with Crippen molar-refractivity contribution in [3.63, 3.8) is 0 Å². The maximum atomic E-state index is 12.4. The molecule has 3 rings (SSSR count). The van der Waals surface area contributed by atoms with Crippen molar-refractivity contribution in [3.8, 4) is 0 Å². The lowest BCUT2D eigenvalue weighted by Gasteiger charge is -2.32. The standard InChI is InChI=1S/C19H20N2O4S/c22-19(9-8-18-7-4-15-25-18)20-11-13-21(14-12-20)26(23,24)16-10-17-5-2-1-3-6-17/h1-10,15-16H,11-14H2. The smallest absolute Gasteiger partial charge is 0.246 e. The zero-order valence-corrected chi connectivity index (χ0v) is 15.0. The van der Waals surface area contributed by atoms with E-state index in [9.17, 15) is 13.2 Å². The molecule has 2 heterocycles. The van der Waals surface area contributed by atoms with E-state index in [1.54, 1.807) is 29.2 Å². The first kappa shape index (κ1) is 18.2. The van der Waals surface area contributed by atoms with Crippen molar-refractivity contribution in [2.45, 2.75) is 0 Å². The lowest BCUT2D eigenvalue weighted by molar-refractivity contribution is -0.127. The van der Waals surface area contributed by atoms with E-state index in [1.807, 2.05) is 30.3 Å². The Kier molecular flexibility index (Phi) is 5.70. The zero-order chi connectivity index (χ0) is 18.4. The van der Waals surface area contributed by atoms with Gasteiger partial charge in [0, 0.05) is 37.7 Å². The van der Waals surface area contributed by atoms with Crippen molar-refractivity contribution >= 4 is 28.1 Å². The summed E-state index contributed by atoms with van der Waals surface area (Å²) in [6.45, 7) is 1.28. The summed E-state index contributed by atoms with van der Waals surface area (Å²) in [5.74, 6) is 0.448. The molecular weight excluding hydrogens is 352 g/mol. The molecule has 2 aromatic rings. The molecule has 1 fully saturated rings. The minimum Gasteiger partial charge on any atom is -0.465 e. The van der Waals surface area contributed by atoms with Gasteiger partial charge < -0.3 is 9.32 Å². The highest BCUT2D eigenvalue weighted by Gasteiger charge is 2.26. The van der Waals surface area contributed by atoms with Crippen molar-refractivity contribution < 1.29 is 17.6 Å². The Hall–Kier alpha value is -2.64. The van der Waals surface area contributed by atoms with E-state index in [2.05, 4.69) is 0 Å². The zero-order valence-electron chi connectivity index (χ0n) is 14.2. The molecule has 0 atom stereocenters. The summed E-state index contributed by atoms with van der Waals surface area (Å²) in [6.07, 6.45) is 6.17. The number of piperazine rings is 1. The van der Waals surface area contributed by atoms with Gasteiger partial charge in [0.1, 0.15) is 5.76 Å². The third-order valence-corrected chi connectivity index (χ3v) is 5.64. The van der Waals surface area contributed by atoms with E-state index in [1.165, 1.54) is 22.1 Å². The number of nitrogens with zero attached hydrogens (tertiary/aromatic N) is 2. The van der Waals surface area contributed by atoms with Crippen LogP contribution in [-0.2, 0) is 14.8 Å². The maximum Gasteiger partial charge on any atom is 0.246 e. The number of sulfonamides is 1. The van der Waals surface area contributed by atoms with E-state index < -0.39 is 10.0 Å². The van der Waals surface area contributed by atoms with Gasteiger partial charge in [-0.1, -0.05) is 30.3 Å². The average molecular weight is 372 g/mol. The Balaban J connectivity index is 1.55. The van der Waals surface area contributed by atoms with Gasteiger partial charge in [-0.2, -0.15) is 4.31 Å². The third kappa shape index (κ3) is 4.71. The second-order valence-electron chi connectivity index (χ2n) is 5.83. The van der Waals surface area contributed by atoms with Gasteiger partial charge in [-0.3, -0.25) is 4.79 Å². The van der Waals surface area contributed by atoms with Crippen LogP contribution < -0.4 is 0 Å². The van der Waals surface area contributed by atoms with Crippen LogP contribution in [0.25, 0.3) is 12.2 Å². The van der Waals surface area contributed by atoms with Gasteiger partial charge in [-0.05, 0) is 29.8 Å². The molecule has 1 aromatic heterocycles. The molecular formula is C19H20N2O4S. The Morgan fingerprint density at radius 1 is 0.962 bits per heavy atom. The fourth-order valence-electron chi connectivity index (χ4n) is 2.62. The van der Waals surface area contributed by atoms with Gasteiger partial charge in [-0.25, -0.2) is 8.42 Å². The minimum atomic E-state index is -3.50. The number of carbonyl (C=O) groups excluding carboxylic acids is 1. The van der Waals surface area contributed by atoms with Crippen molar-refractivity contribution in [2.24, 2.45) is 0 Å². The van der Waals surface area contributed by atoms with E-state index in [4.69, 9.17) is 4.42 Å². The van der Waals surface area contributed by atoms with Crippen molar-refractivity contribution in [2.75, 3.05) is 26.2 Å². The van der Waals surface area contributed by atoms with Gasteiger partial charge in [0.2, 0.25) is 15.9 Å². The number of rotatable bonds is 5. The molecule has 1 amide bonds. The van der Waals surface area contributed by atoms with Crippen LogP contribution in [0.1, 0.15) is 11.3 Å². The minimum absolute atomic E-state index is 0.154. The van der Waals surface area contributed by atoms with Gasteiger partial charge >= 0.3 is 0 Å². The van der Waals surface area contributed by atoms with Crippen LogP contribution in [0.5, 0.6) is 0 Å². The first-order valence-corrected chi connectivity index (χ1v) is 9.79. The maximum absolute atomic E-state index is 12.4. The summed E-state index contributed by atoms with van der Waals surface area (Å²) >= 11 is 0. The second kappa shape index (κ2) is 8.16. The highest BCUT2D eigenvalue weighted by Crippen LogP contribution is 2.12. The molecule has 1 saturated heterocycles. The summed E-state index contributed by atoms with van der Waals surface area (Å²) in [6, 6.07) is 12.8. The first-order valence-electron chi connectivity index (χ1n) is 8.28. The Morgan fingerprint density at radius 3 is 2.35 bits per heavy atom. The molecule has 0 aliphatic carbocycles. The molecule has 1 aromatic carbocycles. The van der Waals surface area contributed by atoms with E-state index >= 15 is 0 Å². The molecule has 0 spiro atoms. The van der Waals surface area contributed by atoms with Crippen LogP contribution in [-0.4, -0.2) is 49.7 Å². The average Bonchev–Trinajstić information content (AvgIpc) is 3.19. The molecule has 1 aliphatic heterocycles. The fraction of sp³-hybridized carbons (Fsp3) is 0.211. The Morgan fingerprint density at radius 2 is 1.69 bits per heavy atom. The van der Waals surface area contributed by atoms with E-state index in [0.717, 1.165) is 5.56 Å². The van der Waals surface area contributed by atoms with E-state index in [0.29, 0.717) is 18.8 Å². The topological polar surface area (TPSA) is 70.8 Å². The Bertz CT molecular complexity index is 879. The predicted octanol–water partition coefficient (Wildman–Crippen LogP) is 2.44. The molecule has 0 unspecified atom stereocenters. The summed E-state index contributed by atoms with van der Waals surface area (Å²) in [5, 5.41) is 1.22. The van der Waals surface area contributed by atoms with Crippen LogP contribution in [0.2, 0.25) is 0 Å². The van der Waals surface area contributed by atoms with Crippen LogP contribution in [0.4, 0.5) is 0 Å². The normalized spacial score (nSPS) is 16.5. The molecule has 26 heavy (non-hydrogen) atoms. The van der Waals surface area contributed by atoms with E-state index in [-0.39, 0.29) is 19.0 Å². The van der Waals surface area contributed by atoms with Crippen LogP contribution >= 0.6 is 0 Å². The second-order valence-corrected chi connectivity index (χ2v) is 7.65. The molecule has 0 saturated carbocycles. The number of hydrogen-bond donors (Lipinski definition) is 0. The number of hydrogen-bond acceptors (Lipinski definition) is 4. The molecule has 0 radical (unpaired) electrons. The number of furan rings is 1. The van der Waals surface area contributed by atoms with Crippen LogP contribution in [0, 0.1) is 0 Å². The summed E-state index contributed by atoms with van der Waals surface area (Å²) in [4.78, 5) is 13.8. The Labute approximate surface area is 153 Å². The van der Waals surface area contributed by atoms with Gasteiger partial charge in [0.05, 0.1) is 6.26 Å². The van der Waals surface area contributed by atoms with Crippen molar-refractivity contribution in [3.05, 3.63) is 71.5 Å². The van der Waals surface area contributed by atoms with Gasteiger partial charge in [0.25, 0.3) is 0 Å². The SMILES string of the molecule is O=C(C=Cc1ccco1)N1CCN(S(=O)(=O)C=Cc2ccccc2)CC1. The lowest BCUT2D eigenvalue weighted by atomic mass is 10.2.